The molecular formula is C13H19N5. The fourth-order valence-corrected chi connectivity index (χ4v) is 2.55. The lowest BCUT2D eigenvalue weighted by Crippen LogP contribution is -2.29. The summed E-state index contributed by atoms with van der Waals surface area (Å²) in [6.45, 7) is 0.990. The van der Waals surface area contributed by atoms with Gasteiger partial charge in [-0.05, 0) is 37.7 Å². The Morgan fingerprint density at radius 1 is 1.28 bits per heavy atom. The van der Waals surface area contributed by atoms with Crippen molar-refractivity contribution in [2.45, 2.75) is 31.7 Å². The molecule has 1 saturated carbocycles. The Bertz CT molecular complexity index is 513. The number of hydrogen-bond donors (Lipinski definition) is 2. The monoisotopic (exact) mass is 245 g/mol. The molecule has 5 heteroatoms. The average Bonchev–Trinajstić information content (AvgIpc) is 2.85. The lowest BCUT2D eigenvalue weighted by atomic mass is 9.86. The van der Waals surface area contributed by atoms with Crippen molar-refractivity contribution < 1.29 is 0 Å². The highest BCUT2D eigenvalue weighted by molar-refractivity contribution is 5.45. The molecule has 2 aromatic heterocycles. The van der Waals surface area contributed by atoms with Gasteiger partial charge in [0.2, 0.25) is 0 Å². The molecule has 0 aliphatic heterocycles. The van der Waals surface area contributed by atoms with Crippen molar-refractivity contribution >= 4 is 11.5 Å². The van der Waals surface area contributed by atoms with Gasteiger partial charge in [-0.2, -0.15) is 5.10 Å². The quantitative estimate of drug-likeness (QED) is 0.863. The van der Waals surface area contributed by atoms with Crippen LogP contribution in [0.2, 0.25) is 0 Å². The van der Waals surface area contributed by atoms with E-state index in [2.05, 4.69) is 15.4 Å². The van der Waals surface area contributed by atoms with Crippen molar-refractivity contribution in [3.8, 4) is 0 Å². The number of rotatable bonds is 3. The van der Waals surface area contributed by atoms with Gasteiger partial charge in [0.25, 0.3) is 0 Å². The minimum absolute atomic E-state index is 0.419. The fraction of sp³-hybridized carbons (Fsp3) is 0.538. The highest BCUT2D eigenvalue weighted by Crippen LogP contribution is 2.23. The second-order valence-corrected chi connectivity index (χ2v) is 5.11. The zero-order valence-corrected chi connectivity index (χ0v) is 10.4. The Balaban J connectivity index is 1.59. The van der Waals surface area contributed by atoms with Crippen molar-refractivity contribution in [1.82, 2.24) is 14.6 Å². The maximum absolute atomic E-state index is 5.91. The van der Waals surface area contributed by atoms with E-state index in [0.29, 0.717) is 6.04 Å². The summed E-state index contributed by atoms with van der Waals surface area (Å²) in [4.78, 5) is 4.50. The molecule has 1 fully saturated rings. The Labute approximate surface area is 106 Å². The molecular weight excluding hydrogens is 226 g/mol. The molecule has 3 rings (SSSR count). The van der Waals surface area contributed by atoms with E-state index in [-0.39, 0.29) is 0 Å². The molecule has 1 aliphatic carbocycles. The number of hydrogen-bond acceptors (Lipinski definition) is 4. The minimum Gasteiger partial charge on any atom is -0.370 e. The third-order valence-electron chi connectivity index (χ3n) is 3.72. The molecule has 0 aromatic carbocycles. The Morgan fingerprint density at radius 2 is 2.11 bits per heavy atom. The van der Waals surface area contributed by atoms with E-state index in [9.17, 15) is 0 Å². The van der Waals surface area contributed by atoms with Gasteiger partial charge in [0.05, 0.1) is 6.20 Å². The molecule has 0 saturated heterocycles. The van der Waals surface area contributed by atoms with Crippen LogP contribution in [0.3, 0.4) is 0 Å². The van der Waals surface area contributed by atoms with E-state index in [1.54, 1.807) is 10.7 Å². The molecule has 0 spiro atoms. The Hall–Kier alpha value is -1.62. The van der Waals surface area contributed by atoms with Crippen LogP contribution < -0.4 is 11.1 Å². The highest BCUT2D eigenvalue weighted by atomic mass is 15.2. The largest absolute Gasteiger partial charge is 0.370 e. The van der Waals surface area contributed by atoms with Gasteiger partial charge in [0.1, 0.15) is 5.82 Å². The van der Waals surface area contributed by atoms with Crippen LogP contribution in [-0.2, 0) is 0 Å². The van der Waals surface area contributed by atoms with Crippen molar-refractivity contribution in [1.29, 1.82) is 0 Å². The number of fused-ring (bicyclic) bond motifs is 1. The molecule has 1 aliphatic rings. The summed E-state index contributed by atoms with van der Waals surface area (Å²) in [7, 11) is 0. The van der Waals surface area contributed by atoms with E-state index >= 15 is 0 Å². The van der Waals surface area contributed by atoms with Crippen LogP contribution >= 0.6 is 0 Å². The SMILES string of the molecule is NC1CCC(CNc2ccn3nccc3n2)CC1. The summed E-state index contributed by atoms with van der Waals surface area (Å²) in [5.41, 5.74) is 6.79. The number of aromatic nitrogens is 3. The molecule has 96 valence electrons. The number of nitrogens with one attached hydrogen (secondary N) is 1. The van der Waals surface area contributed by atoms with Gasteiger partial charge in [0, 0.05) is 24.8 Å². The van der Waals surface area contributed by atoms with Gasteiger partial charge in [-0.15, -0.1) is 0 Å². The van der Waals surface area contributed by atoms with Crippen LogP contribution in [0.5, 0.6) is 0 Å². The normalized spacial score (nSPS) is 24.3. The average molecular weight is 245 g/mol. The Morgan fingerprint density at radius 3 is 2.94 bits per heavy atom. The van der Waals surface area contributed by atoms with Crippen LogP contribution in [0.25, 0.3) is 5.65 Å². The summed E-state index contributed by atoms with van der Waals surface area (Å²) >= 11 is 0. The van der Waals surface area contributed by atoms with Gasteiger partial charge in [-0.25, -0.2) is 9.50 Å². The number of anilines is 1. The third-order valence-corrected chi connectivity index (χ3v) is 3.72. The first-order valence-electron chi connectivity index (χ1n) is 6.61. The molecule has 0 amide bonds. The zero-order valence-electron chi connectivity index (χ0n) is 10.4. The first-order valence-corrected chi connectivity index (χ1v) is 6.61. The standard InChI is InChI=1S/C13H19N5/c14-11-3-1-10(2-4-11)9-15-12-6-8-18-13(17-12)5-7-16-18/h5-8,10-11H,1-4,9,14H2,(H,15,17). The number of nitrogens with zero attached hydrogens (tertiary/aromatic N) is 3. The van der Waals surface area contributed by atoms with Gasteiger partial charge >= 0.3 is 0 Å². The molecule has 2 aromatic rings. The summed E-state index contributed by atoms with van der Waals surface area (Å²) in [6, 6.07) is 4.29. The Kier molecular flexibility index (Phi) is 3.15. The molecule has 5 nitrogen and oxygen atoms in total. The molecule has 18 heavy (non-hydrogen) atoms. The highest BCUT2D eigenvalue weighted by Gasteiger charge is 2.18. The van der Waals surface area contributed by atoms with Crippen LogP contribution in [0.4, 0.5) is 5.82 Å². The fourth-order valence-electron chi connectivity index (χ4n) is 2.55. The van der Waals surface area contributed by atoms with Crippen LogP contribution in [0, 0.1) is 5.92 Å². The lowest BCUT2D eigenvalue weighted by molar-refractivity contribution is 0.338. The van der Waals surface area contributed by atoms with Crippen molar-refractivity contribution in [2.75, 3.05) is 11.9 Å². The molecule has 0 bridgehead atoms. The topological polar surface area (TPSA) is 68.2 Å². The first-order chi connectivity index (χ1) is 8.81. The van der Waals surface area contributed by atoms with E-state index in [4.69, 9.17) is 5.73 Å². The maximum atomic E-state index is 5.91. The van der Waals surface area contributed by atoms with Crippen LogP contribution in [-0.4, -0.2) is 27.2 Å². The molecule has 0 unspecified atom stereocenters. The van der Waals surface area contributed by atoms with Gasteiger partial charge < -0.3 is 11.1 Å². The van der Waals surface area contributed by atoms with Crippen molar-refractivity contribution in [3.05, 3.63) is 24.5 Å². The molecule has 0 atom stereocenters. The van der Waals surface area contributed by atoms with E-state index < -0.39 is 0 Å². The predicted molar refractivity (Wildman–Crippen MR) is 71.4 cm³/mol. The second-order valence-electron chi connectivity index (χ2n) is 5.11. The summed E-state index contributed by atoms with van der Waals surface area (Å²) < 4.78 is 1.77. The predicted octanol–water partition coefficient (Wildman–Crippen LogP) is 1.66. The lowest BCUT2D eigenvalue weighted by Gasteiger charge is -2.26. The van der Waals surface area contributed by atoms with Crippen molar-refractivity contribution in [3.63, 3.8) is 0 Å². The summed E-state index contributed by atoms with van der Waals surface area (Å²) in [6.07, 6.45) is 8.45. The van der Waals surface area contributed by atoms with Crippen molar-refractivity contribution in [2.24, 2.45) is 11.7 Å². The number of nitrogens with two attached hydrogens (primary N) is 1. The van der Waals surface area contributed by atoms with Crippen LogP contribution in [0.15, 0.2) is 24.5 Å². The summed E-state index contributed by atoms with van der Waals surface area (Å²) in [5.74, 6) is 1.66. The maximum Gasteiger partial charge on any atom is 0.157 e. The van der Waals surface area contributed by atoms with Gasteiger partial charge in [-0.1, -0.05) is 0 Å². The van der Waals surface area contributed by atoms with E-state index in [0.717, 1.165) is 36.8 Å². The first kappa shape index (κ1) is 11.5. The minimum atomic E-state index is 0.419. The molecule has 3 N–H and O–H groups in total. The van der Waals surface area contributed by atoms with E-state index in [1.807, 2.05) is 18.3 Å². The van der Waals surface area contributed by atoms with Crippen LogP contribution in [0.1, 0.15) is 25.7 Å². The molecule has 2 heterocycles. The smallest absolute Gasteiger partial charge is 0.157 e. The van der Waals surface area contributed by atoms with E-state index in [1.165, 1.54) is 12.8 Å². The van der Waals surface area contributed by atoms with Gasteiger partial charge in [-0.3, -0.25) is 0 Å². The second kappa shape index (κ2) is 4.94. The van der Waals surface area contributed by atoms with Gasteiger partial charge in [0.15, 0.2) is 5.65 Å². The third kappa shape index (κ3) is 2.46. The summed E-state index contributed by atoms with van der Waals surface area (Å²) in [5, 5.41) is 7.55. The zero-order chi connectivity index (χ0) is 12.4. The molecule has 0 radical (unpaired) electrons.